The number of nitrogen functional groups attached to an aromatic ring is 1. The Morgan fingerprint density at radius 2 is 1.87 bits per heavy atom. The van der Waals surface area contributed by atoms with Crippen molar-refractivity contribution < 1.29 is 17.7 Å². The van der Waals surface area contributed by atoms with Gasteiger partial charge in [-0.1, -0.05) is 5.16 Å². The summed E-state index contributed by atoms with van der Waals surface area (Å²) in [5.74, 6) is -4.16. The predicted molar refractivity (Wildman–Crippen MR) is 46.2 cm³/mol. The lowest BCUT2D eigenvalue weighted by Gasteiger charge is -1.99. The molecule has 0 amide bonds. The monoisotopic (exact) mass is 214 g/mol. The van der Waals surface area contributed by atoms with Crippen LogP contribution in [-0.2, 0) is 0 Å². The van der Waals surface area contributed by atoms with Gasteiger partial charge in [0.25, 0.3) is 0 Å². The van der Waals surface area contributed by atoms with E-state index in [9.17, 15) is 13.2 Å². The number of benzene rings is 1. The highest BCUT2D eigenvalue weighted by Gasteiger charge is 2.17. The summed E-state index contributed by atoms with van der Waals surface area (Å²) < 4.78 is 43.3. The van der Waals surface area contributed by atoms with E-state index in [-0.39, 0.29) is 17.1 Å². The quantitative estimate of drug-likeness (QED) is 0.741. The first-order chi connectivity index (χ1) is 7.09. The van der Waals surface area contributed by atoms with Gasteiger partial charge >= 0.3 is 0 Å². The smallest absolute Gasteiger partial charge is 0.195 e. The summed E-state index contributed by atoms with van der Waals surface area (Å²) in [4.78, 5) is 0. The van der Waals surface area contributed by atoms with Crippen LogP contribution in [-0.4, -0.2) is 5.16 Å². The van der Waals surface area contributed by atoms with E-state index in [2.05, 4.69) is 9.68 Å². The molecular formula is C9H5F3N2O. The molecule has 0 saturated carbocycles. The molecule has 1 heterocycles. The van der Waals surface area contributed by atoms with E-state index in [1.54, 1.807) is 0 Å². The van der Waals surface area contributed by atoms with E-state index in [1.165, 1.54) is 6.07 Å². The number of nitrogens with two attached hydrogens (primary N) is 1. The van der Waals surface area contributed by atoms with Gasteiger partial charge in [-0.3, -0.25) is 0 Å². The minimum absolute atomic E-state index is 0.0362. The molecule has 0 bridgehead atoms. The molecule has 0 radical (unpaired) electrons. The molecule has 0 aliphatic heterocycles. The molecule has 78 valence electrons. The van der Waals surface area contributed by atoms with Gasteiger partial charge in [-0.15, -0.1) is 0 Å². The van der Waals surface area contributed by atoms with Gasteiger partial charge in [0.15, 0.2) is 29.0 Å². The molecular weight excluding hydrogens is 209 g/mol. The molecule has 0 saturated heterocycles. The van der Waals surface area contributed by atoms with Gasteiger partial charge in [0.2, 0.25) is 0 Å². The van der Waals surface area contributed by atoms with Crippen molar-refractivity contribution in [3.8, 4) is 11.3 Å². The van der Waals surface area contributed by atoms with E-state index < -0.39 is 17.5 Å². The molecule has 0 unspecified atom stereocenters. The Bertz CT molecular complexity index is 510. The number of hydrogen-bond donors (Lipinski definition) is 1. The van der Waals surface area contributed by atoms with Crippen LogP contribution in [0.4, 0.5) is 19.0 Å². The topological polar surface area (TPSA) is 52.0 Å². The summed E-state index contributed by atoms with van der Waals surface area (Å²) >= 11 is 0. The van der Waals surface area contributed by atoms with Gasteiger partial charge in [0.05, 0.1) is 5.56 Å². The van der Waals surface area contributed by atoms with E-state index in [1.807, 2.05) is 0 Å². The maximum atomic E-state index is 13.2. The number of anilines is 1. The van der Waals surface area contributed by atoms with E-state index in [0.29, 0.717) is 0 Å². The molecule has 1 aromatic heterocycles. The van der Waals surface area contributed by atoms with Gasteiger partial charge in [0.1, 0.15) is 0 Å². The van der Waals surface area contributed by atoms with Crippen LogP contribution >= 0.6 is 0 Å². The second kappa shape index (κ2) is 3.30. The van der Waals surface area contributed by atoms with Crippen LogP contribution in [0.2, 0.25) is 0 Å². The molecule has 6 heteroatoms. The molecule has 1 aromatic carbocycles. The second-order valence-electron chi connectivity index (χ2n) is 2.84. The highest BCUT2D eigenvalue weighted by Crippen LogP contribution is 2.26. The van der Waals surface area contributed by atoms with E-state index in [4.69, 9.17) is 5.73 Å². The van der Waals surface area contributed by atoms with Crippen LogP contribution in [0.15, 0.2) is 22.7 Å². The highest BCUT2D eigenvalue weighted by atomic mass is 19.2. The van der Waals surface area contributed by atoms with Crippen LogP contribution < -0.4 is 5.73 Å². The Labute approximate surface area is 82.3 Å². The Morgan fingerprint density at radius 1 is 1.13 bits per heavy atom. The summed E-state index contributed by atoms with van der Waals surface area (Å²) in [6.45, 7) is 0. The fourth-order valence-corrected chi connectivity index (χ4v) is 1.13. The standard InChI is InChI=1S/C9H5F3N2O/c10-5-2-1-4(8(11)9(5)12)6-3-7(13)14-15-6/h1-3H,(H2,13,14). The van der Waals surface area contributed by atoms with Crippen LogP contribution in [0.3, 0.4) is 0 Å². The van der Waals surface area contributed by atoms with Gasteiger partial charge < -0.3 is 10.3 Å². The molecule has 2 N–H and O–H groups in total. The molecule has 0 atom stereocenters. The largest absolute Gasteiger partial charge is 0.381 e. The molecule has 0 aliphatic carbocycles. The highest BCUT2D eigenvalue weighted by molar-refractivity contribution is 5.60. The number of hydrogen-bond acceptors (Lipinski definition) is 3. The average Bonchev–Trinajstić information content (AvgIpc) is 2.61. The first-order valence-electron chi connectivity index (χ1n) is 3.95. The lowest BCUT2D eigenvalue weighted by atomic mass is 10.1. The molecule has 0 aliphatic rings. The Balaban J connectivity index is 2.59. The zero-order valence-electron chi connectivity index (χ0n) is 7.30. The Morgan fingerprint density at radius 3 is 2.47 bits per heavy atom. The second-order valence-corrected chi connectivity index (χ2v) is 2.84. The third-order valence-electron chi connectivity index (χ3n) is 1.83. The first-order valence-corrected chi connectivity index (χ1v) is 3.95. The summed E-state index contributed by atoms with van der Waals surface area (Å²) in [6, 6.07) is 3.07. The van der Waals surface area contributed by atoms with Crippen molar-refractivity contribution in [2.45, 2.75) is 0 Å². The summed E-state index contributed by atoms with van der Waals surface area (Å²) in [7, 11) is 0. The number of aromatic nitrogens is 1. The van der Waals surface area contributed by atoms with Crippen molar-refractivity contribution in [2.75, 3.05) is 5.73 Å². The normalized spacial score (nSPS) is 10.6. The molecule has 3 nitrogen and oxygen atoms in total. The van der Waals surface area contributed by atoms with Crippen LogP contribution in [0.1, 0.15) is 0 Å². The fraction of sp³-hybridized carbons (Fsp3) is 0. The predicted octanol–water partition coefficient (Wildman–Crippen LogP) is 2.34. The minimum atomic E-state index is -1.55. The van der Waals surface area contributed by atoms with E-state index >= 15 is 0 Å². The van der Waals surface area contributed by atoms with Gasteiger partial charge in [0, 0.05) is 6.07 Å². The molecule has 2 rings (SSSR count). The van der Waals surface area contributed by atoms with Crippen LogP contribution in [0, 0.1) is 17.5 Å². The van der Waals surface area contributed by atoms with Gasteiger partial charge in [-0.2, -0.15) is 0 Å². The summed E-state index contributed by atoms with van der Waals surface area (Å²) in [6.07, 6.45) is 0. The molecule has 0 fully saturated rings. The SMILES string of the molecule is Nc1cc(-c2ccc(F)c(F)c2F)on1. The van der Waals surface area contributed by atoms with Crippen molar-refractivity contribution in [1.29, 1.82) is 0 Å². The fourth-order valence-electron chi connectivity index (χ4n) is 1.13. The van der Waals surface area contributed by atoms with Crippen molar-refractivity contribution in [3.05, 3.63) is 35.7 Å². The maximum absolute atomic E-state index is 13.2. The van der Waals surface area contributed by atoms with Crippen molar-refractivity contribution >= 4 is 5.82 Å². The lowest BCUT2D eigenvalue weighted by Crippen LogP contribution is -1.92. The zero-order chi connectivity index (χ0) is 11.0. The van der Waals surface area contributed by atoms with Crippen molar-refractivity contribution in [1.82, 2.24) is 5.16 Å². The van der Waals surface area contributed by atoms with Gasteiger partial charge in [-0.05, 0) is 12.1 Å². The maximum Gasteiger partial charge on any atom is 0.195 e. The Hall–Kier alpha value is -1.98. The van der Waals surface area contributed by atoms with Crippen LogP contribution in [0.5, 0.6) is 0 Å². The zero-order valence-corrected chi connectivity index (χ0v) is 7.30. The summed E-state index contributed by atoms with van der Waals surface area (Å²) in [5.41, 5.74) is 5.01. The molecule has 15 heavy (non-hydrogen) atoms. The number of nitrogens with zero attached hydrogens (tertiary/aromatic N) is 1. The third-order valence-corrected chi connectivity index (χ3v) is 1.83. The summed E-state index contributed by atoms with van der Waals surface area (Å²) in [5, 5.41) is 3.31. The first kappa shape index (κ1) is 9.57. The molecule has 2 aromatic rings. The van der Waals surface area contributed by atoms with Crippen LogP contribution in [0.25, 0.3) is 11.3 Å². The number of rotatable bonds is 1. The molecule has 0 spiro atoms. The average molecular weight is 214 g/mol. The van der Waals surface area contributed by atoms with Crippen molar-refractivity contribution in [3.63, 3.8) is 0 Å². The lowest BCUT2D eigenvalue weighted by molar-refractivity contribution is 0.423. The number of halogens is 3. The Kier molecular flexibility index (Phi) is 2.11. The van der Waals surface area contributed by atoms with Crippen molar-refractivity contribution in [2.24, 2.45) is 0 Å². The minimum Gasteiger partial charge on any atom is -0.381 e. The van der Waals surface area contributed by atoms with Gasteiger partial charge in [-0.25, -0.2) is 13.2 Å². The third kappa shape index (κ3) is 1.54. The van der Waals surface area contributed by atoms with E-state index in [0.717, 1.165) is 12.1 Å².